The Kier molecular flexibility index (Phi) is 5.54. The van der Waals surface area contributed by atoms with Gasteiger partial charge >= 0.3 is 0 Å². The summed E-state index contributed by atoms with van der Waals surface area (Å²) in [5.41, 5.74) is 0.683. The van der Waals surface area contributed by atoms with Gasteiger partial charge in [-0.15, -0.1) is 0 Å². The van der Waals surface area contributed by atoms with Crippen molar-refractivity contribution in [3.05, 3.63) is 0 Å². The van der Waals surface area contributed by atoms with Gasteiger partial charge in [0.1, 0.15) is 0 Å². The monoisotopic (exact) mass is 197 g/mol. The van der Waals surface area contributed by atoms with E-state index < -0.39 is 0 Å². The molecule has 0 atom stereocenters. The van der Waals surface area contributed by atoms with Crippen LogP contribution in [0.1, 0.15) is 64.7 Å². The minimum atomic E-state index is 0.683. The van der Waals surface area contributed by atoms with Crippen LogP contribution in [0.4, 0.5) is 0 Å². The second kappa shape index (κ2) is 6.44. The molecule has 0 saturated heterocycles. The van der Waals surface area contributed by atoms with Crippen molar-refractivity contribution in [1.29, 1.82) is 0 Å². The van der Waals surface area contributed by atoms with E-state index >= 15 is 0 Å². The largest absolute Gasteiger partial charge is 0.319 e. The maximum atomic E-state index is 3.39. The third-order valence-electron chi connectivity index (χ3n) is 3.78. The Hall–Kier alpha value is -0.0400. The molecule has 0 amide bonds. The molecule has 1 N–H and O–H groups in total. The van der Waals surface area contributed by atoms with Crippen molar-refractivity contribution in [2.45, 2.75) is 64.7 Å². The summed E-state index contributed by atoms with van der Waals surface area (Å²) in [4.78, 5) is 0. The summed E-state index contributed by atoms with van der Waals surface area (Å²) in [6, 6.07) is 0. The van der Waals surface area contributed by atoms with Crippen LogP contribution in [0.15, 0.2) is 0 Å². The summed E-state index contributed by atoms with van der Waals surface area (Å²) in [6.07, 6.45) is 13.0. The molecule has 0 aromatic heterocycles. The first-order chi connectivity index (χ1) is 6.83. The molecule has 0 aromatic carbocycles. The first-order valence-electron chi connectivity index (χ1n) is 6.47. The van der Waals surface area contributed by atoms with Crippen LogP contribution in [0.3, 0.4) is 0 Å². The standard InChI is InChI=1S/C13H27N/c1-3-4-5-6-9-13(12-14-2)10-7-8-11-13/h14H,3-12H2,1-2H3. The SMILES string of the molecule is CCCCCCC1(CNC)CCCC1. The van der Waals surface area contributed by atoms with Crippen molar-refractivity contribution in [3.63, 3.8) is 0 Å². The fourth-order valence-corrected chi connectivity index (χ4v) is 2.94. The normalized spacial score (nSPS) is 20.1. The van der Waals surface area contributed by atoms with Crippen LogP contribution >= 0.6 is 0 Å². The lowest BCUT2D eigenvalue weighted by atomic mass is 9.81. The number of nitrogens with one attached hydrogen (secondary N) is 1. The highest BCUT2D eigenvalue weighted by molar-refractivity contribution is 4.86. The van der Waals surface area contributed by atoms with Crippen LogP contribution in [0, 0.1) is 5.41 Å². The third-order valence-corrected chi connectivity index (χ3v) is 3.78. The molecule has 84 valence electrons. The highest BCUT2D eigenvalue weighted by atomic mass is 14.8. The Balaban J connectivity index is 2.21. The molecule has 1 saturated carbocycles. The van der Waals surface area contributed by atoms with E-state index in [1.165, 1.54) is 64.3 Å². The van der Waals surface area contributed by atoms with Crippen molar-refractivity contribution in [2.24, 2.45) is 5.41 Å². The topological polar surface area (TPSA) is 12.0 Å². The van der Waals surface area contributed by atoms with E-state index in [1.807, 2.05) is 0 Å². The Labute approximate surface area is 89.7 Å². The molecule has 0 bridgehead atoms. The quantitative estimate of drug-likeness (QED) is 0.613. The molecule has 0 spiro atoms. The van der Waals surface area contributed by atoms with E-state index in [4.69, 9.17) is 0 Å². The van der Waals surface area contributed by atoms with Gasteiger partial charge in [-0.25, -0.2) is 0 Å². The zero-order chi connectivity index (χ0) is 10.3. The predicted octanol–water partition coefficient (Wildman–Crippen LogP) is 3.74. The van der Waals surface area contributed by atoms with Gasteiger partial charge in [-0.3, -0.25) is 0 Å². The second-order valence-corrected chi connectivity index (χ2v) is 5.05. The Bertz CT molecular complexity index is 136. The van der Waals surface area contributed by atoms with Crippen molar-refractivity contribution in [3.8, 4) is 0 Å². The first-order valence-corrected chi connectivity index (χ1v) is 6.47. The first kappa shape index (κ1) is 12.0. The van der Waals surface area contributed by atoms with Crippen LogP contribution in [0.5, 0.6) is 0 Å². The molecule has 1 nitrogen and oxygen atoms in total. The lowest BCUT2D eigenvalue weighted by Crippen LogP contribution is -2.29. The average Bonchev–Trinajstić information content (AvgIpc) is 2.63. The van der Waals surface area contributed by atoms with Crippen LogP contribution in [0.2, 0.25) is 0 Å². The minimum Gasteiger partial charge on any atom is -0.319 e. The molecule has 1 rings (SSSR count). The summed E-state index contributed by atoms with van der Waals surface area (Å²) < 4.78 is 0. The molecule has 14 heavy (non-hydrogen) atoms. The van der Waals surface area contributed by atoms with E-state index in [1.54, 1.807) is 0 Å². The van der Waals surface area contributed by atoms with Gasteiger partial charge in [-0.05, 0) is 31.7 Å². The fraction of sp³-hybridized carbons (Fsp3) is 1.00. The van der Waals surface area contributed by atoms with E-state index in [0.717, 1.165) is 0 Å². The molecule has 1 aliphatic carbocycles. The highest BCUT2D eigenvalue weighted by Crippen LogP contribution is 2.41. The van der Waals surface area contributed by atoms with E-state index in [-0.39, 0.29) is 0 Å². The van der Waals surface area contributed by atoms with Crippen molar-refractivity contribution >= 4 is 0 Å². The molecular weight excluding hydrogens is 170 g/mol. The summed E-state index contributed by atoms with van der Waals surface area (Å²) in [5.74, 6) is 0. The van der Waals surface area contributed by atoms with Gasteiger partial charge in [0, 0.05) is 6.54 Å². The number of hydrogen-bond donors (Lipinski definition) is 1. The van der Waals surface area contributed by atoms with Gasteiger partial charge in [-0.1, -0.05) is 45.4 Å². The maximum Gasteiger partial charge on any atom is 0.000480 e. The molecular formula is C13H27N. The van der Waals surface area contributed by atoms with Gasteiger partial charge in [0.05, 0.1) is 0 Å². The van der Waals surface area contributed by atoms with Gasteiger partial charge < -0.3 is 5.32 Å². The van der Waals surface area contributed by atoms with Gasteiger partial charge in [0.25, 0.3) is 0 Å². The molecule has 1 aliphatic rings. The van der Waals surface area contributed by atoms with Gasteiger partial charge in [0.2, 0.25) is 0 Å². The lowest BCUT2D eigenvalue weighted by molar-refractivity contribution is 0.254. The number of unbranched alkanes of at least 4 members (excludes halogenated alkanes) is 3. The third kappa shape index (κ3) is 3.61. The highest BCUT2D eigenvalue weighted by Gasteiger charge is 2.32. The fourth-order valence-electron chi connectivity index (χ4n) is 2.94. The zero-order valence-corrected chi connectivity index (χ0v) is 10.1. The van der Waals surface area contributed by atoms with Crippen LogP contribution < -0.4 is 5.32 Å². The molecule has 0 aromatic rings. The smallest absolute Gasteiger partial charge is 0.000480 e. The van der Waals surface area contributed by atoms with E-state index in [0.29, 0.717) is 5.41 Å². The second-order valence-electron chi connectivity index (χ2n) is 5.05. The van der Waals surface area contributed by atoms with Gasteiger partial charge in [0.15, 0.2) is 0 Å². The lowest BCUT2D eigenvalue weighted by Gasteiger charge is -2.28. The minimum absolute atomic E-state index is 0.683. The zero-order valence-electron chi connectivity index (χ0n) is 10.1. The van der Waals surface area contributed by atoms with Crippen LogP contribution in [-0.4, -0.2) is 13.6 Å². The summed E-state index contributed by atoms with van der Waals surface area (Å²) in [5, 5.41) is 3.39. The van der Waals surface area contributed by atoms with Crippen LogP contribution in [0.25, 0.3) is 0 Å². The van der Waals surface area contributed by atoms with Crippen molar-refractivity contribution < 1.29 is 0 Å². The molecule has 0 aliphatic heterocycles. The Morgan fingerprint density at radius 1 is 1.07 bits per heavy atom. The maximum absolute atomic E-state index is 3.39. The Morgan fingerprint density at radius 2 is 1.79 bits per heavy atom. The molecule has 0 radical (unpaired) electrons. The molecule has 0 heterocycles. The number of hydrogen-bond acceptors (Lipinski definition) is 1. The van der Waals surface area contributed by atoms with E-state index in [2.05, 4.69) is 19.3 Å². The Morgan fingerprint density at radius 3 is 2.36 bits per heavy atom. The summed E-state index contributed by atoms with van der Waals surface area (Å²) in [6.45, 7) is 3.54. The van der Waals surface area contributed by atoms with E-state index in [9.17, 15) is 0 Å². The summed E-state index contributed by atoms with van der Waals surface area (Å²) in [7, 11) is 2.10. The molecule has 0 unspecified atom stereocenters. The molecule has 1 fully saturated rings. The average molecular weight is 197 g/mol. The van der Waals surface area contributed by atoms with Crippen molar-refractivity contribution in [1.82, 2.24) is 5.32 Å². The number of rotatable bonds is 7. The van der Waals surface area contributed by atoms with Crippen LogP contribution in [-0.2, 0) is 0 Å². The van der Waals surface area contributed by atoms with Crippen molar-refractivity contribution in [2.75, 3.05) is 13.6 Å². The van der Waals surface area contributed by atoms with Gasteiger partial charge in [-0.2, -0.15) is 0 Å². The summed E-state index contributed by atoms with van der Waals surface area (Å²) >= 11 is 0. The molecule has 1 heteroatoms. The predicted molar refractivity (Wildman–Crippen MR) is 63.6 cm³/mol.